The fourth-order valence-corrected chi connectivity index (χ4v) is 4.31. The molecule has 0 aliphatic heterocycles. The predicted molar refractivity (Wildman–Crippen MR) is 134 cm³/mol. The van der Waals surface area contributed by atoms with Crippen LogP contribution in [0.25, 0.3) is 0 Å². The molecule has 3 rings (SSSR count). The molecule has 0 fully saturated rings. The number of hydrogen-bond acceptors (Lipinski definition) is 6. The normalized spacial score (nSPS) is 10.9. The van der Waals surface area contributed by atoms with Gasteiger partial charge < -0.3 is 5.32 Å². The van der Waals surface area contributed by atoms with Crippen molar-refractivity contribution in [3.05, 3.63) is 87.5 Å². The van der Waals surface area contributed by atoms with Crippen molar-refractivity contribution in [1.82, 2.24) is 5.43 Å². The number of anilines is 3. The smallest absolute Gasteiger partial charge is 0.295 e. The topological polar surface area (TPSA) is 125 Å². The lowest BCUT2D eigenvalue weighted by Gasteiger charge is -2.14. The standard InChI is InChI=1S/C22H23N5O4S2/c1-14-4-7-17(8-5-14)23-22(32)25-24-20-11-9-18(13-21(20)27(28)29)33(30,31)26-19-10-6-15(2)12-16(19)3/h4-13,24,26H,1-3H3,(H2,23,25,32). The van der Waals surface area contributed by atoms with E-state index in [2.05, 4.69) is 20.9 Å². The van der Waals surface area contributed by atoms with E-state index in [-0.39, 0.29) is 15.7 Å². The molecule has 0 saturated heterocycles. The average molecular weight is 486 g/mol. The highest BCUT2D eigenvalue weighted by molar-refractivity contribution is 7.92. The molecule has 0 radical (unpaired) electrons. The van der Waals surface area contributed by atoms with Crippen LogP contribution in [0, 0.1) is 30.9 Å². The molecule has 0 aromatic heterocycles. The zero-order chi connectivity index (χ0) is 24.2. The van der Waals surface area contributed by atoms with E-state index in [1.54, 1.807) is 19.1 Å². The highest BCUT2D eigenvalue weighted by Gasteiger charge is 2.22. The van der Waals surface area contributed by atoms with E-state index in [1.165, 1.54) is 12.1 Å². The van der Waals surface area contributed by atoms with Crippen molar-refractivity contribution in [3.63, 3.8) is 0 Å². The molecule has 3 aromatic carbocycles. The molecule has 0 amide bonds. The van der Waals surface area contributed by atoms with E-state index in [1.807, 2.05) is 44.2 Å². The number of rotatable bonds is 7. The molecular formula is C22H23N5O4S2. The molecule has 3 aromatic rings. The first kappa shape index (κ1) is 24.0. The number of nitro benzene ring substituents is 1. The number of thiocarbonyl (C=S) groups is 1. The molecule has 9 nitrogen and oxygen atoms in total. The Kier molecular flexibility index (Phi) is 7.14. The van der Waals surface area contributed by atoms with Crippen LogP contribution in [0.3, 0.4) is 0 Å². The second-order valence-corrected chi connectivity index (χ2v) is 9.52. The number of hydrazine groups is 1. The number of nitrogens with zero attached hydrogens (tertiary/aromatic N) is 1. The van der Waals surface area contributed by atoms with E-state index < -0.39 is 20.6 Å². The van der Waals surface area contributed by atoms with Crippen molar-refractivity contribution >= 4 is 50.1 Å². The summed E-state index contributed by atoms with van der Waals surface area (Å²) in [6, 6.07) is 16.3. The molecule has 172 valence electrons. The second kappa shape index (κ2) is 9.84. The van der Waals surface area contributed by atoms with Gasteiger partial charge in [0.05, 0.1) is 15.5 Å². The first-order valence-electron chi connectivity index (χ1n) is 9.83. The summed E-state index contributed by atoms with van der Waals surface area (Å²) >= 11 is 5.20. The summed E-state index contributed by atoms with van der Waals surface area (Å²) in [4.78, 5) is 10.7. The number of sulfonamides is 1. The van der Waals surface area contributed by atoms with Gasteiger partial charge in [-0.1, -0.05) is 35.4 Å². The van der Waals surface area contributed by atoms with E-state index in [0.717, 1.165) is 28.4 Å². The van der Waals surface area contributed by atoms with Gasteiger partial charge >= 0.3 is 0 Å². The van der Waals surface area contributed by atoms with Crippen LogP contribution in [0.2, 0.25) is 0 Å². The Bertz CT molecular complexity index is 1310. The fourth-order valence-electron chi connectivity index (χ4n) is 2.99. The van der Waals surface area contributed by atoms with Gasteiger partial charge in [-0.05, 0) is 68.9 Å². The van der Waals surface area contributed by atoms with Crippen molar-refractivity contribution < 1.29 is 13.3 Å². The van der Waals surface area contributed by atoms with Gasteiger partial charge in [-0.15, -0.1) is 0 Å². The summed E-state index contributed by atoms with van der Waals surface area (Å²) in [6.07, 6.45) is 0. The number of nitro groups is 1. The molecule has 0 aliphatic carbocycles. The van der Waals surface area contributed by atoms with Crippen LogP contribution in [-0.2, 0) is 10.0 Å². The Morgan fingerprint density at radius 3 is 2.18 bits per heavy atom. The molecule has 4 N–H and O–H groups in total. The summed E-state index contributed by atoms with van der Waals surface area (Å²) in [5, 5.41) is 14.7. The van der Waals surface area contributed by atoms with Gasteiger partial charge in [0.2, 0.25) is 0 Å². The summed E-state index contributed by atoms with van der Waals surface area (Å²) in [5.41, 5.74) is 8.93. The van der Waals surface area contributed by atoms with Crippen molar-refractivity contribution in [2.24, 2.45) is 0 Å². The van der Waals surface area contributed by atoms with Crippen LogP contribution in [-0.4, -0.2) is 18.5 Å². The predicted octanol–water partition coefficient (Wildman–Crippen LogP) is 4.63. The Morgan fingerprint density at radius 1 is 0.909 bits per heavy atom. The second-order valence-electron chi connectivity index (χ2n) is 7.43. The molecule has 0 bridgehead atoms. The zero-order valence-electron chi connectivity index (χ0n) is 18.2. The summed E-state index contributed by atoms with van der Waals surface area (Å²) in [7, 11) is -4.04. The van der Waals surface area contributed by atoms with Crippen molar-refractivity contribution in [2.45, 2.75) is 25.7 Å². The molecule has 11 heteroatoms. The number of benzene rings is 3. The van der Waals surface area contributed by atoms with Crippen LogP contribution in [0.15, 0.2) is 65.6 Å². The summed E-state index contributed by atoms with van der Waals surface area (Å²) in [5.74, 6) is 0. The lowest BCUT2D eigenvalue weighted by molar-refractivity contribution is -0.384. The van der Waals surface area contributed by atoms with Crippen LogP contribution in [0.1, 0.15) is 16.7 Å². The van der Waals surface area contributed by atoms with Gasteiger partial charge in [0, 0.05) is 11.8 Å². The summed E-state index contributed by atoms with van der Waals surface area (Å²) in [6.45, 7) is 5.64. The van der Waals surface area contributed by atoms with Gasteiger partial charge in [0.15, 0.2) is 5.11 Å². The van der Waals surface area contributed by atoms with Crippen LogP contribution in [0.4, 0.5) is 22.7 Å². The van der Waals surface area contributed by atoms with E-state index in [4.69, 9.17) is 12.2 Å². The average Bonchev–Trinajstić information content (AvgIpc) is 2.75. The SMILES string of the molecule is Cc1ccc(NC(=S)NNc2ccc(S(=O)(=O)Nc3ccc(C)cc3C)cc2[N+](=O)[O-])cc1. The highest BCUT2D eigenvalue weighted by Crippen LogP contribution is 2.29. The van der Waals surface area contributed by atoms with Crippen molar-refractivity contribution in [3.8, 4) is 0 Å². The Morgan fingerprint density at radius 2 is 1.55 bits per heavy atom. The Labute approximate surface area is 197 Å². The van der Waals surface area contributed by atoms with Gasteiger partial charge in [0.1, 0.15) is 5.69 Å². The third-order valence-electron chi connectivity index (χ3n) is 4.72. The van der Waals surface area contributed by atoms with E-state index >= 15 is 0 Å². The number of hydrogen-bond donors (Lipinski definition) is 4. The first-order chi connectivity index (χ1) is 15.5. The minimum Gasteiger partial charge on any atom is -0.331 e. The maximum Gasteiger partial charge on any atom is 0.295 e. The minimum atomic E-state index is -4.04. The third kappa shape index (κ3) is 6.18. The minimum absolute atomic E-state index is 0.0542. The van der Waals surface area contributed by atoms with Crippen LogP contribution in [0.5, 0.6) is 0 Å². The highest BCUT2D eigenvalue weighted by atomic mass is 32.2. The Balaban J connectivity index is 1.76. The van der Waals surface area contributed by atoms with Gasteiger partial charge in [0.25, 0.3) is 15.7 Å². The van der Waals surface area contributed by atoms with E-state index in [9.17, 15) is 18.5 Å². The molecule has 0 heterocycles. The molecule has 0 saturated carbocycles. The molecule has 0 atom stereocenters. The largest absolute Gasteiger partial charge is 0.331 e. The Hall–Kier alpha value is -3.70. The van der Waals surface area contributed by atoms with Crippen molar-refractivity contribution in [1.29, 1.82) is 0 Å². The zero-order valence-corrected chi connectivity index (χ0v) is 19.8. The molecule has 0 unspecified atom stereocenters. The third-order valence-corrected chi connectivity index (χ3v) is 6.29. The van der Waals surface area contributed by atoms with E-state index in [0.29, 0.717) is 5.69 Å². The van der Waals surface area contributed by atoms with Crippen molar-refractivity contribution in [2.75, 3.05) is 15.5 Å². The van der Waals surface area contributed by atoms with Gasteiger partial charge in [-0.25, -0.2) is 8.42 Å². The number of aryl methyl sites for hydroxylation is 3. The molecular weight excluding hydrogens is 462 g/mol. The maximum atomic E-state index is 12.8. The van der Waals surface area contributed by atoms with Crippen LogP contribution >= 0.6 is 12.2 Å². The maximum absolute atomic E-state index is 12.8. The quantitative estimate of drug-likeness (QED) is 0.217. The molecule has 33 heavy (non-hydrogen) atoms. The van der Waals surface area contributed by atoms with Crippen LogP contribution < -0.4 is 20.9 Å². The molecule has 0 aliphatic rings. The first-order valence-corrected chi connectivity index (χ1v) is 11.7. The van der Waals surface area contributed by atoms with Gasteiger partial charge in [-0.3, -0.25) is 25.7 Å². The van der Waals surface area contributed by atoms with Gasteiger partial charge in [-0.2, -0.15) is 0 Å². The molecule has 0 spiro atoms. The number of nitrogens with one attached hydrogen (secondary N) is 4. The monoisotopic (exact) mass is 485 g/mol. The lowest BCUT2D eigenvalue weighted by Crippen LogP contribution is -2.33. The fraction of sp³-hybridized carbons (Fsp3) is 0.136. The lowest BCUT2D eigenvalue weighted by atomic mass is 10.1. The summed E-state index contributed by atoms with van der Waals surface area (Å²) < 4.78 is 28.1.